The molecule has 0 saturated carbocycles. The van der Waals surface area contributed by atoms with Gasteiger partial charge in [-0.25, -0.2) is 13.1 Å². The Morgan fingerprint density at radius 2 is 1.72 bits per heavy atom. The van der Waals surface area contributed by atoms with Crippen molar-refractivity contribution in [2.75, 3.05) is 45.9 Å². The second-order valence-electron chi connectivity index (χ2n) is 8.02. The fourth-order valence-electron chi connectivity index (χ4n) is 4.00. The number of nitrogens with zero attached hydrogens (tertiary/aromatic N) is 2. The topological polar surface area (TPSA) is 88.2 Å². The molecule has 0 bridgehead atoms. The molecule has 0 aromatic heterocycles. The van der Waals surface area contributed by atoms with E-state index in [-0.39, 0.29) is 10.8 Å². The van der Waals surface area contributed by atoms with E-state index in [2.05, 4.69) is 9.62 Å². The highest BCUT2D eigenvalue weighted by Crippen LogP contribution is 2.31. The van der Waals surface area contributed by atoms with Crippen LogP contribution in [0.5, 0.6) is 11.5 Å². The van der Waals surface area contributed by atoms with Crippen molar-refractivity contribution in [1.82, 2.24) is 14.5 Å². The number of rotatable bonds is 6. The molecule has 2 aliphatic rings. The van der Waals surface area contributed by atoms with Crippen LogP contribution in [0.1, 0.15) is 28.4 Å². The molecule has 172 valence electrons. The molecule has 1 fully saturated rings. The fourth-order valence-corrected chi connectivity index (χ4v) is 5.06. The predicted molar refractivity (Wildman–Crippen MR) is 121 cm³/mol. The maximum absolute atomic E-state index is 13.1. The molecule has 32 heavy (non-hydrogen) atoms. The Morgan fingerprint density at radius 3 is 2.44 bits per heavy atom. The third kappa shape index (κ3) is 4.90. The monoisotopic (exact) mass is 459 g/mol. The summed E-state index contributed by atoms with van der Waals surface area (Å²) in [6, 6.07) is 10.7. The molecule has 9 heteroatoms. The number of carbonyl (C=O) groups excluding carboxylic acids is 1. The first-order valence-corrected chi connectivity index (χ1v) is 12.4. The van der Waals surface area contributed by atoms with Crippen LogP contribution in [0.3, 0.4) is 0 Å². The lowest BCUT2D eigenvalue weighted by atomic mass is 10.1. The number of fused-ring (bicyclic) bond motifs is 1. The summed E-state index contributed by atoms with van der Waals surface area (Å²) < 4.78 is 38.4. The van der Waals surface area contributed by atoms with Gasteiger partial charge in [0.1, 0.15) is 13.2 Å². The molecule has 2 aliphatic heterocycles. The minimum atomic E-state index is -3.61. The Morgan fingerprint density at radius 1 is 1.00 bits per heavy atom. The largest absolute Gasteiger partial charge is 0.486 e. The summed E-state index contributed by atoms with van der Waals surface area (Å²) in [5, 5.41) is 0. The van der Waals surface area contributed by atoms with Crippen molar-refractivity contribution in [3.8, 4) is 11.5 Å². The summed E-state index contributed by atoms with van der Waals surface area (Å²) in [7, 11) is -3.61. The number of hydrogen-bond donors (Lipinski definition) is 1. The van der Waals surface area contributed by atoms with E-state index in [1.807, 2.05) is 25.1 Å². The molecular formula is C23H29N3O5S. The summed E-state index contributed by atoms with van der Waals surface area (Å²) in [5.74, 6) is 1.43. The molecule has 2 heterocycles. The first kappa shape index (κ1) is 22.6. The number of aryl methyl sites for hydroxylation is 1. The van der Waals surface area contributed by atoms with Crippen molar-refractivity contribution in [2.24, 2.45) is 0 Å². The molecule has 0 aliphatic carbocycles. The first-order chi connectivity index (χ1) is 15.4. The van der Waals surface area contributed by atoms with Gasteiger partial charge in [-0.3, -0.25) is 9.69 Å². The van der Waals surface area contributed by atoms with E-state index >= 15 is 0 Å². The van der Waals surface area contributed by atoms with Gasteiger partial charge in [-0.15, -0.1) is 0 Å². The fraction of sp³-hybridized carbons (Fsp3) is 0.435. The van der Waals surface area contributed by atoms with Crippen LogP contribution in [0.25, 0.3) is 0 Å². The SMILES string of the molecule is CCNS(=O)(=O)c1ccc(C)c(C(=O)N2CCN(Cc3ccc4c(c3)OCCO4)CC2)c1. The van der Waals surface area contributed by atoms with Crippen LogP contribution < -0.4 is 14.2 Å². The van der Waals surface area contributed by atoms with Gasteiger partial charge in [0, 0.05) is 44.8 Å². The number of nitrogens with one attached hydrogen (secondary N) is 1. The van der Waals surface area contributed by atoms with Crippen molar-refractivity contribution in [3.63, 3.8) is 0 Å². The second kappa shape index (κ2) is 9.48. The minimum Gasteiger partial charge on any atom is -0.486 e. The van der Waals surface area contributed by atoms with Crippen molar-refractivity contribution in [2.45, 2.75) is 25.3 Å². The Balaban J connectivity index is 1.39. The van der Waals surface area contributed by atoms with Gasteiger partial charge in [-0.2, -0.15) is 0 Å². The van der Waals surface area contributed by atoms with Crippen LogP contribution in [-0.4, -0.2) is 70.1 Å². The Labute approximate surface area is 189 Å². The Kier molecular flexibility index (Phi) is 6.68. The van der Waals surface area contributed by atoms with Gasteiger partial charge >= 0.3 is 0 Å². The molecule has 8 nitrogen and oxygen atoms in total. The van der Waals surface area contributed by atoms with Crippen LogP contribution in [0.4, 0.5) is 0 Å². The van der Waals surface area contributed by atoms with Gasteiger partial charge in [0.05, 0.1) is 4.90 Å². The van der Waals surface area contributed by atoms with Gasteiger partial charge in [0.15, 0.2) is 11.5 Å². The predicted octanol–water partition coefficient (Wildman–Crippen LogP) is 2.02. The van der Waals surface area contributed by atoms with Crippen LogP contribution in [0.2, 0.25) is 0 Å². The smallest absolute Gasteiger partial charge is 0.254 e. The summed E-state index contributed by atoms with van der Waals surface area (Å²) in [4.78, 5) is 17.4. The normalized spacial score (nSPS) is 16.8. The highest BCUT2D eigenvalue weighted by molar-refractivity contribution is 7.89. The third-order valence-electron chi connectivity index (χ3n) is 5.76. The molecule has 4 rings (SSSR count). The van der Waals surface area contributed by atoms with E-state index in [0.29, 0.717) is 38.4 Å². The zero-order chi connectivity index (χ0) is 22.7. The van der Waals surface area contributed by atoms with E-state index in [9.17, 15) is 13.2 Å². The highest BCUT2D eigenvalue weighted by atomic mass is 32.2. The number of amides is 1. The average molecular weight is 460 g/mol. The summed E-state index contributed by atoms with van der Waals surface area (Å²) >= 11 is 0. The standard InChI is InChI=1S/C23H29N3O5S/c1-3-24-32(28,29)19-6-4-17(2)20(15-19)23(27)26-10-8-25(9-11-26)16-18-5-7-21-22(14-18)31-13-12-30-21/h4-7,14-15,24H,3,8-13,16H2,1-2H3. The number of sulfonamides is 1. The Bertz CT molecular complexity index is 1090. The van der Waals surface area contributed by atoms with E-state index in [4.69, 9.17) is 9.47 Å². The van der Waals surface area contributed by atoms with E-state index < -0.39 is 10.0 Å². The molecular weight excluding hydrogens is 430 g/mol. The van der Waals surface area contributed by atoms with E-state index in [1.54, 1.807) is 17.9 Å². The van der Waals surface area contributed by atoms with Gasteiger partial charge in [-0.1, -0.05) is 19.1 Å². The summed E-state index contributed by atoms with van der Waals surface area (Å²) in [6.07, 6.45) is 0. The van der Waals surface area contributed by atoms with E-state index in [0.717, 1.165) is 42.3 Å². The molecule has 1 amide bonds. The minimum absolute atomic E-state index is 0.116. The molecule has 1 saturated heterocycles. The lowest BCUT2D eigenvalue weighted by Gasteiger charge is -2.35. The van der Waals surface area contributed by atoms with Crippen molar-refractivity contribution >= 4 is 15.9 Å². The van der Waals surface area contributed by atoms with Gasteiger partial charge < -0.3 is 14.4 Å². The number of benzene rings is 2. The van der Waals surface area contributed by atoms with Gasteiger partial charge in [0.2, 0.25) is 10.0 Å². The number of carbonyl (C=O) groups is 1. The molecule has 1 N–H and O–H groups in total. The number of piperazine rings is 1. The molecule has 0 radical (unpaired) electrons. The molecule has 0 atom stereocenters. The average Bonchev–Trinajstić information content (AvgIpc) is 2.79. The zero-order valence-electron chi connectivity index (χ0n) is 18.5. The van der Waals surface area contributed by atoms with Crippen molar-refractivity contribution < 1.29 is 22.7 Å². The molecule has 0 spiro atoms. The molecule has 2 aromatic rings. The van der Waals surface area contributed by atoms with Gasteiger partial charge in [-0.05, 0) is 42.3 Å². The highest BCUT2D eigenvalue weighted by Gasteiger charge is 2.25. The summed E-state index contributed by atoms with van der Waals surface area (Å²) in [6.45, 7) is 8.43. The van der Waals surface area contributed by atoms with Gasteiger partial charge in [0.25, 0.3) is 5.91 Å². The van der Waals surface area contributed by atoms with Crippen molar-refractivity contribution in [1.29, 1.82) is 0 Å². The number of hydrogen-bond acceptors (Lipinski definition) is 6. The lowest BCUT2D eigenvalue weighted by molar-refractivity contribution is 0.0627. The van der Waals surface area contributed by atoms with E-state index in [1.165, 1.54) is 12.1 Å². The van der Waals surface area contributed by atoms with Crippen molar-refractivity contribution in [3.05, 3.63) is 53.1 Å². The summed E-state index contributed by atoms with van der Waals surface area (Å²) in [5.41, 5.74) is 2.35. The lowest BCUT2D eigenvalue weighted by Crippen LogP contribution is -2.48. The Hall–Kier alpha value is -2.62. The molecule has 0 unspecified atom stereocenters. The maximum atomic E-state index is 13.1. The van der Waals surface area contributed by atoms with Crippen LogP contribution >= 0.6 is 0 Å². The van der Waals surface area contributed by atoms with Crippen LogP contribution in [0, 0.1) is 6.92 Å². The second-order valence-corrected chi connectivity index (χ2v) is 9.79. The molecule has 2 aromatic carbocycles. The van der Waals surface area contributed by atoms with Crippen LogP contribution in [-0.2, 0) is 16.6 Å². The first-order valence-electron chi connectivity index (χ1n) is 10.9. The van der Waals surface area contributed by atoms with Crippen LogP contribution in [0.15, 0.2) is 41.3 Å². The number of ether oxygens (including phenoxy) is 2. The third-order valence-corrected chi connectivity index (χ3v) is 7.30. The maximum Gasteiger partial charge on any atom is 0.254 e. The quantitative estimate of drug-likeness (QED) is 0.711. The zero-order valence-corrected chi connectivity index (χ0v) is 19.3.